The lowest BCUT2D eigenvalue weighted by molar-refractivity contribution is 1.13. The zero-order valence-electron chi connectivity index (χ0n) is 18.9. The van der Waals surface area contributed by atoms with E-state index in [0.717, 1.165) is 33.6 Å². The summed E-state index contributed by atoms with van der Waals surface area (Å²) in [4.78, 5) is 4.05. The van der Waals surface area contributed by atoms with Crippen molar-refractivity contribution in [2.75, 3.05) is 38.0 Å². The SMILES string of the molecule is CN(C)c1ccc(C(C#N)=Cc2ccc(C=C(C#N)c3ccc(N(C)C)cc3)cc2)cc1. The van der Waals surface area contributed by atoms with Crippen LogP contribution in [0.2, 0.25) is 0 Å². The Labute approximate surface area is 190 Å². The molecule has 158 valence electrons. The average Bonchev–Trinajstić information content (AvgIpc) is 2.82. The zero-order valence-corrected chi connectivity index (χ0v) is 18.9. The van der Waals surface area contributed by atoms with E-state index in [1.165, 1.54) is 0 Å². The van der Waals surface area contributed by atoms with E-state index in [9.17, 15) is 10.5 Å². The summed E-state index contributed by atoms with van der Waals surface area (Å²) in [6.45, 7) is 0. The van der Waals surface area contributed by atoms with Crippen molar-refractivity contribution < 1.29 is 0 Å². The highest BCUT2D eigenvalue weighted by molar-refractivity contribution is 5.91. The molecule has 0 saturated carbocycles. The molecule has 0 N–H and O–H groups in total. The van der Waals surface area contributed by atoms with Crippen LogP contribution < -0.4 is 9.80 Å². The third kappa shape index (κ3) is 5.45. The van der Waals surface area contributed by atoms with Crippen LogP contribution in [0.15, 0.2) is 72.8 Å². The van der Waals surface area contributed by atoms with Gasteiger partial charge in [0.1, 0.15) is 0 Å². The van der Waals surface area contributed by atoms with E-state index in [4.69, 9.17) is 0 Å². The second-order valence-electron chi connectivity index (χ2n) is 7.89. The van der Waals surface area contributed by atoms with Gasteiger partial charge in [-0.1, -0.05) is 48.5 Å². The molecule has 0 saturated heterocycles. The molecule has 32 heavy (non-hydrogen) atoms. The van der Waals surface area contributed by atoms with E-state index in [1.807, 2.05) is 123 Å². The molecular formula is C28H26N4. The van der Waals surface area contributed by atoms with E-state index in [0.29, 0.717) is 11.1 Å². The van der Waals surface area contributed by atoms with Gasteiger partial charge in [-0.3, -0.25) is 0 Å². The fraction of sp³-hybridized carbons (Fsp3) is 0.143. The highest BCUT2D eigenvalue weighted by Crippen LogP contribution is 2.23. The van der Waals surface area contributed by atoms with E-state index in [1.54, 1.807) is 0 Å². The van der Waals surface area contributed by atoms with Gasteiger partial charge in [0.25, 0.3) is 0 Å². The van der Waals surface area contributed by atoms with Crippen molar-refractivity contribution in [1.29, 1.82) is 10.5 Å². The van der Waals surface area contributed by atoms with Crippen molar-refractivity contribution in [1.82, 2.24) is 0 Å². The summed E-state index contributed by atoms with van der Waals surface area (Å²) in [6.07, 6.45) is 3.76. The molecule has 0 unspecified atom stereocenters. The first kappa shape index (κ1) is 22.4. The highest BCUT2D eigenvalue weighted by Gasteiger charge is 2.05. The molecule has 0 spiro atoms. The van der Waals surface area contributed by atoms with Crippen LogP contribution in [0.1, 0.15) is 22.3 Å². The molecule has 4 heteroatoms. The minimum absolute atomic E-state index is 0.609. The fourth-order valence-electron chi connectivity index (χ4n) is 3.26. The van der Waals surface area contributed by atoms with E-state index in [2.05, 4.69) is 12.1 Å². The number of hydrogen-bond donors (Lipinski definition) is 0. The summed E-state index contributed by atoms with van der Waals surface area (Å²) in [6, 6.07) is 28.3. The molecule has 0 aliphatic heterocycles. The second kappa shape index (κ2) is 10.2. The van der Waals surface area contributed by atoms with Crippen LogP contribution in [-0.4, -0.2) is 28.2 Å². The van der Waals surface area contributed by atoms with Crippen molar-refractivity contribution in [3.05, 3.63) is 95.1 Å². The van der Waals surface area contributed by atoms with Crippen LogP contribution in [0.5, 0.6) is 0 Å². The Bertz CT molecular complexity index is 1100. The van der Waals surface area contributed by atoms with Crippen LogP contribution in [0.3, 0.4) is 0 Å². The fourth-order valence-corrected chi connectivity index (χ4v) is 3.26. The van der Waals surface area contributed by atoms with Crippen molar-refractivity contribution in [2.24, 2.45) is 0 Å². The molecule has 0 radical (unpaired) electrons. The van der Waals surface area contributed by atoms with Crippen molar-refractivity contribution >= 4 is 34.7 Å². The minimum atomic E-state index is 0.609. The number of hydrogen-bond acceptors (Lipinski definition) is 4. The summed E-state index contributed by atoms with van der Waals surface area (Å²) in [5.74, 6) is 0. The van der Waals surface area contributed by atoms with Gasteiger partial charge in [0.15, 0.2) is 0 Å². The molecule has 3 aromatic rings. The van der Waals surface area contributed by atoms with Gasteiger partial charge in [-0.15, -0.1) is 0 Å². The first-order chi connectivity index (χ1) is 15.4. The summed E-state index contributed by atoms with van der Waals surface area (Å²) in [5.41, 5.74) is 7.03. The Morgan fingerprint density at radius 1 is 0.562 bits per heavy atom. The maximum atomic E-state index is 9.63. The molecule has 4 nitrogen and oxygen atoms in total. The van der Waals surface area contributed by atoms with Gasteiger partial charge in [0.2, 0.25) is 0 Å². The highest BCUT2D eigenvalue weighted by atomic mass is 15.1. The molecular weight excluding hydrogens is 392 g/mol. The van der Waals surface area contributed by atoms with Crippen molar-refractivity contribution in [3.8, 4) is 12.1 Å². The summed E-state index contributed by atoms with van der Waals surface area (Å²) in [7, 11) is 7.95. The average molecular weight is 419 g/mol. The van der Waals surface area contributed by atoms with Crippen LogP contribution in [0.25, 0.3) is 23.3 Å². The third-order valence-corrected chi connectivity index (χ3v) is 5.19. The molecule has 0 aliphatic rings. The molecule has 3 aromatic carbocycles. The quantitative estimate of drug-likeness (QED) is 0.367. The first-order valence-corrected chi connectivity index (χ1v) is 10.3. The van der Waals surface area contributed by atoms with E-state index in [-0.39, 0.29) is 0 Å². The zero-order chi connectivity index (χ0) is 23.1. The van der Waals surface area contributed by atoms with Crippen LogP contribution >= 0.6 is 0 Å². The molecule has 0 aromatic heterocycles. The smallest absolute Gasteiger partial charge is 0.0998 e. The molecule has 0 aliphatic carbocycles. The largest absolute Gasteiger partial charge is 0.378 e. The molecule has 0 bridgehead atoms. The van der Waals surface area contributed by atoms with Crippen LogP contribution in [0.4, 0.5) is 11.4 Å². The van der Waals surface area contributed by atoms with E-state index < -0.39 is 0 Å². The summed E-state index contributed by atoms with van der Waals surface area (Å²) < 4.78 is 0. The number of benzene rings is 3. The summed E-state index contributed by atoms with van der Waals surface area (Å²) in [5, 5.41) is 19.3. The van der Waals surface area contributed by atoms with Gasteiger partial charge in [-0.25, -0.2) is 0 Å². The monoisotopic (exact) mass is 418 g/mol. The molecule has 0 amide bonds. The van der Waals surface area contributed by atoms with Crippen LogP contribution in [-0.2, 0) is 0 Å². The van der Waals surface area contributed by atoms with Gasteiger partial charge >= 0.3 is 0 Å². The molecule has 0 atom stereocenters. The third-order valence-electron chi connectivity index (χ3n) is 5.19. The Kier molecular flexibility index (Phi) is 7.11. The van der Waals surface area contributed by atoms with Gasteiger partial charge < -0.3 is 9.80 Å². The van der Waals surface area contributed by atoms with Gasteiger partial charge in [0.05, 0.1) is 23.3 Å². The van der Waals surface area contributed by atoms with E-state index >= 15 is 0 Å². The maximum Gasteiger partial charge on any atom is 0.0998 e. The standard InChI is InChI=1S/C28H26N4/c1-31(2)27-13-9-23(10-14-27)25(19-29)17-21-5-7-22(8-6-21)18-26(20-30)24-11-15-28(16-12-24)32(3)4/h5-18H,1-4H3. The lowest BCUT2D eigenvalue weighted by Crippen LogP contribution is -2.08. The lowest BCUT2D eigenvalue weighted by Gasteiger charge is -2.12. The minimum Gasteiger partial charge on any atom is -0.378 e. The van der Waals surface area contributed by atoms with Gasteiger partial charge in [0, 0.05) is 39.6 Å². The van der Waals surface area contributed by atoms with Gasteiger partial charge in [-0.05, 0) is 58.7 Å². The number of allylic oxidation sites excluding steroid dienone is 2. The van der Waals surface area contributed by atoms with Crippen molar-refractivity contribution in [3.63, 3.8) is 0 Å². The Hall–Kier alpha value is -4.28. The Morgan fingerprint density at radius 3 is 1.12 bits per heavy atom. The normalized spacial score (nSPS) is 11.4. The lowest BCUT2D eigenvalue weighted by atomic mass is 10.0. The Balaban J connectivity index is 1.82. The van der Waals surface area contributed by atoms with Crippen molar-refractivity contribution in [2.45, 2.75) is 0 Å². The first-order valence-electron chi connectivity index (χ1n) is 10.3. The second-order valence-corrected chi connectivity index (χ2v) is 7.89. The number of anilines is 2. The Morgan fingerprint density at radius 2 is 0.875 bits per heavy atom. The molecule has 3 rings (SSSR count). The number of nitriles is 2. The predicted molar refractivity (Wildman–Crippen MR) is 135 cm³/mol. The predicted octanol–water partition coefficient (Wildman–Crippen LogP) is 5.95. The topological polar surface area (TPSA) is 54.1 Å². The maximum absolute atomic E-state index is 9.63. The number of nitrogens with zero attached hydrogens (tertiary/aromatic N) is 4. The summed E-state index contributed by atoms with van der Waals surface area (Å²) >= 11 is 0. The van der Waals surface area contributed by atoms with Gasteiger partial charge in [-0.2, -0.15) is 10.5 Å². The molecule has 0 heterocycles. The molecule has 0 fully saturated rings. The number of rotatable bonds is 6. The van der Waals surface area contributed by atoms with Crippen LogP contribution in [0, 0.1) is 22.7 Å².